The zero-order valence-electron chi connectivity index (χ0n) is 11.1. The van der Waals surface area contributed by atoms with Gasteiger partial charge in [-0.2, -0.15) is 0 Å². The maximum Gasteiger partial charge on any atom is 0.208 e. The molecule has 0 N–H and O–H groups in total. The molecule has 2 aromatic rings. The van der Waals surface area contributed by atoms with E-state index in [1.165, 1.54) is 5.69 Å². The van der Waals surface area contributed by atoms with Crippen LogP contribution in [0.25, 0.3) is 0 Å². The van der Waals surface area contributed by atoms with Crippen molar-refractivity contribution in [2.24, 2.45) is 17.3 Å². The van der Waals surface area contributed by atoms with Crippen molar-refractivity contribution in [1.82, 2.24) is 0 Å². The minimum Gasteiger partial charge on any atom is -0.376 e. The molecule has 0 fully saturated rings. The molecule has 4 nitrogen and oxygen atoms in total. The minimum atomic E-state index is 0.885. The smallest absolute Gasteiger partial charge is 0.208 e. The average molecular weight is 261 g/mol. The summed E-state index contributed by atoms with van der Waals surface area (Å²) in [6, 6.07) is 10.0. The van der Waals surface area contributed by atoms with E-state index in [2.05, 4.69) is 21.1 Å². The van der Waals surface area contributed by atoms with Crippen molar-refractivity contribution in [1.29, 1.82) is 0 Å². The molecule has 18 heavy (non-hydrogen) atoms. The van der Waals surface area contributed by atoms with Gasteiger partial charge in [-0.05, 0) is 12.1 Å². The fourth-order valence-corrected chi connectivity index (χ4v) is 2.36. The molecule has 0 amide bonds. The number of anilines is 1. The Morgan fingerprint density at radius 2 is 1.89 bits per heavy atom. The molecule has 1 heterocycles. The predicted molar refractivity (Wildman–Crippen MR) is 75.2 cm³/mol. The monoisotopic (exact) mass is 261 g/mol. The molecule has 0 aliphatic heterocycles. The van der Waals surface area contributed by atoms with Gasteiger partial charge in [-0.1, -0.05) is 12.1 Å². The molecule has 2 rings (SSSR count). The van der Waals surface area contributed by atoms with Gasteiger partial charge >= 0.3 is 0 Å². The molecule has 0 saturated carbocycles. The Balaban J connectivity index is 2.28. The van der Waals surface area contributed by atoms with Gasteiger partial charge in [-0.15, -0.1) is 14.2 Å². The molecule has 0 atom stereocenters. The van der Waals surface area contributed by atoms with Gasteiger partial charge < -0.3 is 4.90 Å². The second-order valence-corrected chi connectivity index (χ2v) is 5.44. The Morgan fingerprint density at radius 3 is 2.50 bits per heavy atom. The summed E-state index contributed by atoms with van der Waals surface area (Å²) in [7, 11) is 6.03. The minimum absolute atomic E-state index is 0.885. The van der Waals surface area contributed by atoms with Crippen molar-refractivity contribution in [2.45, 2.75) is 6.92 Å². The van der Waals surface area contributed by atoms with Crippen molar-refractivity contribution in [3.63, 3.8) is 0 Å². The van der Waals surface area contributed by atoms with E-state index in [1.807, 2.05) is 56.4 Å². The Bertz CT molecular complexity index is 553. The summed E-state index contributed by atoms with van der Waals surface area (Å²) in [5.74, 6) is 0. The van der Waals surface area contributed by atoms with E-state index >= 15 is 0 Å². The number of azo groups is 1. The van der Waals surface area contributed by atoms with Crippen molar-refractivity contribution >= 4 is 27.9 Å². The second-order valence-electron chi connectivity index (χ2n) is 4.30. The number of aromatic nitrogens is 1. The third-order valence-corrected chi connectivity index (χ3v) is 3.63. The van der Waals surface area contributed by atoms with Crippen LogP contribution in [-0.2, 0) is 7.05 Å². The highest BCUT2D eigenvalue weighted by Crippen LogP contribution is 2.29. The van der Waals surface area contributed by atoms with E-state index in [9.17, 15) is 0 Å². The van der Waals surface area contributed by atoms with E-state index in [4.69, 9.17) is 0 Å². The molecule has 0 aliphatic rings. The topological polar surface area (TPSA) is 31.8 Å². The molecule has 0 saturated heterocycles. The molecule has 94 valence electrons. The standard InChI is InChI=1S/C13H17N4S/c1-10-9-13(18-17(10)4)15-14-11-7-5-6-8-12(11)16(2)3/h5-9H,1-4H3/q+1. The fraction of sp³-hybridized carbons (Fsp3) is 0.308. The Hall–Kier alpha value is -1.75. The molecular formula is C13H17N4S+. The summed E-state index contributed by atoms with van der Waals surface area (Å²) >= 11 is 1.59. The lowest BCUT2D eigenvalue weighted by atomic mass is 10.2. The zero-order chi connectivity index (χ0) is 13.1. The Kier molecular flexibility index (Phi) is 3.72. The molecule has 0 spiro atoms. The van der Waals surface area contributed by atoms with Crippen LogP contribution in [0.3, 0.4) is 0 Å². The summed E-state index contributed by atoms with van der Waals surface area (Å²) in [6.45, 7) is 2.06. The Morgan fingerprint density at radius 1 is 1.17 bits per heavy atom. The first-order valence-corrected chi connectivity index (χ1v) is 6.50. The first kappa shape index (κ1) is 12.7. The number of rotatable bonds is 3. The molecule has 0 aliphatic carbocycles. The van der Waals surface area contributed by atoms with Crippen molar-refractivity contribution in [3.05, 3.63) is 36.0 Å². The maximum atomic E-state index is 4.33. The molecule has 0 unspecified atom stereocenters. The number of para-hydroxylation sites is 1. The van der Waals surface area contributed by atoms with Crippen LogP contribution in [0.5, 0.6) is 0 Å². The molecule has 0 bridgehead atoms. The van der Waals surface area contributed by atoms with Crippen LogP contribution in [0.1, 0.15) is 5.69 Å². The molecular weight excluding hydrogens is 244 g/mol. The highest BCUT2D eigenvalue weighted by atomic mass is 32.1. The van der Waals surface area contributed by atoms with E-state index in [-0.39, 0.29) is 0 Å². The highest BCUT2D eigenvalue weighted by Gasteiger charge is 2.09. The number of hydrogen-bond donors (Lipinski definition) is 0. The van der Waals surface area contributed by atoms with Gasteiger partial charge in [-0.3, -0.25) is 0 Å². The summed E-state index contributed by atoms with van der Waals surface area (Å²) in [6.07, 6.45) is 0. The molecule has 0 radical (unpaired) electrons. The van der Waals surface area contributed by atoms with Crippen LogP contribution in [-0.4, -0.2) is 14.1 Å². The van der Waals surface area contributed by atoms with E-state index in [0.29, 0.717) is 0 Å². The molecule has 1 aromatic carbocycles. The lowest BCUT2D eigenvalue weighted by Gasteiger charge is -2.13. The fourth-order valence-electron chi connectivity index (χ4n) is 1.59. The number of nitrogens with zero attached hydrogens (tertiary/aromatic N) is 4. The third-order valence-electron chi connectivity index (χ3n) is 2.68. The van der Waals surface area contributed by atoms with E-state index in [1.54, 1.807) is 11.5 Å². The SMILES string of the molecule is Cc1cc(N=Nc2ccccc2N(C)C)s[n+]1C. The number of aryl methyl sites for hydroxylation is 2. The van der Waals surface area contributed by atoms with Crippen LogP contribution in [0.2, 0.25) is 0 Å². The average Bonchev–Trinajstić information content (AvgIpc) is 2.66. The van der Waals surface area contributed by atoms with Gasteiger partial charge in [0.2, 0.25) is 5.00 Å². The first-order chi connectivity index (χ1) is 8.58. The quantitative estimate of drug-likeness (QED) is 0.616. The highest BCUT2D eigenvalue weighted by molar-refractivity contribution is 7.05. The van der Waals surface area contributed by atoms with Crippen molar-refractivity contribution < 1.29 is 3.96 Å². The molecule has 1 aromatic heterocycles. The Labute approximate surface area is 111 Å². The molecule has 5 heteroatoms. The van der Waals surface area contributed by atoms with Crippen molar-refractivity contribution in [2.75, 3.05) is 19.0 Å². The van der Waals surface area contributed by atoms with Crippen LogP contribution in [0, 0.1) is 6.92 Å². The lowest BCUT2D eigenvalue weighted by Crippen LogP contribution is -2.24. The first-order valence-electron chi connectivity index (χ1n) is 5.73. The van der Waals surface area contributed by atoms with Crippen molar-refractivity contribution in [3.8, 4) is 0 Å². The second kappa shape index (κ2) is 5.27. The summed E-state index contributed by atoms with van der Waals surface area (Å²) in [4.78, 5) is 2.04. The third kappa shape index (κ3) is 2.73. The van der Waals surface area contributed by atoms with E-state index < -0.39 is 0 Å². The van der Waals surface area contributed by atoms with Gasteiger partial charge in [0.25, 0.3) is 0 Å². The van der Waals surface area contributed by atoms with Gasteiger partial charge in [0.15, 0.2) is 24.3 Å². The van der Waals surface area contributed by atoms with Gasteiger partial charge in [0.1, 0.15) is 5.69 Å². The summed E-state index contributed by atoms with van der Waals surface area (Å²) < 4.78 is 2.08. The van der Waals surface area contributed by atoms with Gasteiger partial charge in [0.05, 0.1) is 5.69 Å². The maximum absolute atomic E-state index is 4.33. The predicted octanol–water partition coefficient (Wildman–Crippen LogP) is 3.36. The van der Waals surface area contributed by atoms with Crippen LogP contribution in [0.4, 0.5) is 16.4 Å². The van der Waals surface area contributed by atoms with Gasteiger partial charge in [0, 0.05) is 27.1 Å². The van der Waals surface area contributed by atoms with E-state index in [0.717, 1.165) is 16.4 Å². The number of benzene rings is 1. The van der Waals surface area contributed by atoms with Gasteiger partial charge in [-0.25, -0.2) is 0 Å². The zero-order valence-corrected chi connectivity index (χ0v) is 11.9. The van der Waals surface area contributed by atoms with Crippen LogP contribution >= 0.6 is 11.5 Å². The summed E-state index contributed by atoms with van der Waals surface area (Å²) in [5.41, 5.74) is 3.14. The normalized spacial score (nSPS) is 11.1. The lowest BCUT2D eigenvalue weighted by molar-refractivity contribution is -0.607. The number of hydrogen-bond acceptors (Lipinski definition) is 4. The van der Waals surface area contributed by atoms with Crippen LogP contribution in [0.15, 0.2) is 40.6 Å². The summed E-state index contributed by atoms with van der Waals surface area (Å²) in [5, 5.41) is 9.55. The van der Waals surface area contributed by atoms with Crippen LogP contribution < -0.4 is 8.86 Å². The largest absolute Gasteiger partial charge is 0.376 e.